The Morgan fingerprint density at radius 1 is 1.21 bits per heavy atom. The highest BCUT2D eigenvalue weighted by Gasteiger charge is 2.78. The van der Waals surface area contributed by atoms with Gasteiger partial charge in [-0.2, -0.15) is 5.26 Å². The van der Waals surface area contributed by atoms with Crippen molar-refractivity contribution in [1.82, 2.24) is 0 Å². The van der Waals surface area contributed by atoms with Crippen molar-refractivity contribution < 1.29 is 4.74 Å². The molecule has 2 rings (SSSR count). The minimum atomic E-state index is -1.50. The fourth-order valence-electron chi connectivity index (χ4n) is 2.55. The molecular formula is C11H9Cl6NO. The number of nitrogens with zero attached hydrogens (tertiary/aromatic N) is 1. The van der Waals surface area contributed by atoms with Gasteiger partial charge in [-0.05, 0) is 6.42 Å². The molecule has 1 fully saturated rings. The van der Waals surface area contributed by atoms with Gasteiger partial charge in [-0.15, -0.1) is 23.2 Å². The molecule has 2 aliphatic carbocycles. The van der Waals surface area contributed by atoms with E-state index in [4.69, 9.17) is 79.6 Å². The third kappa shape index (κ3) is 2.01. The topological polar surface area (TPSA) is 33.0 Å². The molecule has 2 nitrogen and oxygen atoms in total. The van der Waals surface area contributed by atoms with Crippen LogP contribution in [0.15, 0.2) is 10.1 Å². The van der Waals surface area contributed by atoms with Crippen LogP contribution in [0.2, 0.25) is 0 Å². The Morgan fingerprint density at radius 3 is 2.32 bits per heavy atom. The zero-order chi connectivity index (χ0) is 14.5. The predicted molar refractivity (Wildman–Crippen MR) is 79.5 cm³/mol. The number of ether oxygens (including phenoxy) is 1. The van der Waals surface area contributed by atoms with Crippen molar-refractivity contribution in [2.24, 2.45) is 5.92 Å². The highest BCUT2D eigenvalue weighted by molar-refractivity contribution is 6.65. The summed E-state index contributed by atoms with van der Waals surface area (Å²) in [6, 6.07) is 1.98. The van der Waals surface area contributed by atoms with Gasteiger partial charge in [0, 0.05) is 5.92 Å². The second-order valence-corrected chi connectivity index (χ2v) is 7.92. The third-order valence-corrected chi connectivity index (χ3v) is 7.91. The van der Waals surface area contributed by atoms with E-state index in [0.717, 1.165) is 0 Å². The lowest BCUT2D eigenvalue weighted by molar-refractivity contribution is 0.0979. The van der Waals surface area contributed by atoms with Gasteiger partial charge in [0.15, 0.2) is 4.33 Å². The molecule has 2 aliphatic rings. The monoisotopic (exact) mass is 381 g/mol. The first-order valence-electron chi connectivity index (χ1n) is 5.50. The summed E-state index contributed by atoms with van der Waals surface area (Å²) < 4.78 is 3.89. The standard InChI is InChI=1S/C11H9Cl6NO/c12-7-8(13)10(15)6(5-19-3-1-2-18)4-9(7,14)11(10,16)17/h6H,1,3-5H2/t6-,9+,10+/m0/s1. The summed E-state index contributed by atoms with van der Waals surface area (Å²) in [5.41, 5.74) is 0. The van der Waals surface area contributed by atoms with E-state index in [2.05, 4.69) is 0 Å². The van der Waals surface area contributed by atoms with Crippen molar-refractivity contribution in [2.75, 3.05) is 13.2 Å². The smallest absolute Gasteiger partial charge is 0.166 e. The van der Waals surface area contributed by atoms with Gasteiger partial charge in [0.1, 0.15) is 9.75 Å². The van der Waals surface area contributed by atoms with Crippen LogP contribution < -0.4 is 0 Å². The number of hydrogen-bond acceptors (Lipinski definition) is 2. The molecule has 0 N–H and O–H groups in total. The Bertz CT molecular complexity index is 472. The van der Waals surface area contributed by atoms with Gasteiger partial charge in [0.25, 0.3) is 0 Å². The molecular weight excluding hydrogens is 375 g/mol. The van der Waals surface area contributed by atoms with Crippen LogP contribution in [0.3, 0.4) is 0 Å². The summed E-state index contributed by atoms with van der Waals surface area (Å²) in [5.74, 6) is -0.268. The number of allylic oxidation sites excluding steroid dienone is 2. The van der Waals surface area contributed by atoms with E-state index in [9.17, 15) is 0 Å². The van der Waals surface area contributed by atoms with Crippen molar-refractivity contribution in [3.8, 4) is 6.07 Å². The maximum absolute atomic E-state index is 8.45. The molecule has 0 heterocycles. The Kier molecular flexibility index (Phi) is 4.54. The normalized spacial score (nSPS) is 39.7. The first-order valence-corrected chi connectivity index (χ1v) is 7.76. The molecule has 3 atom stereocenters. The van der Waals surface area contributed by atoms with Crippen LogP contribution in [0.1, 0.15) is 12.8 Å². The lowest BCUT2D eigenvalue weighted by Gasteiger charge is -2.33. The second kappa shape index (κ2) is 5.29. The van der Waals surface area contributed by atoms with E-state index in [1.807, 2.05) is 6.07 Å². The van der Waals surface area contributed by atoms with Gasteiger partial charge in [0.05, 0.1) is 35.8 Å². The van der Waals surface area contributed by atoms with E-state index in [0.29, 0.717) is 19.4 Å². The molecule has 0 aromatic rings. The SMILES string of the molecule is N#CCCOC[C@@H]1C[C@@]2(Cl)C(Cl)=C(Cl)[C@@]1(Cl)C2(Cl)Cl. The maximum atomic E-state index is 8.45. The van der Waals surface area contributed by atoms with Crippen LogP contribution in [0.25, 0.3) is 0 Å². The molecule has 0 spiro atoms. The quantitative estimate of drug-likeness (QED) is 0.517. The Hall–Kier alpha value is 0.930. The minimum absolute atomic E-state index is 0.177. The third-order valence-electron chi connectivity index (χ3n) is 3.58. The molecule has 19 heavy (non-hydrogen) atoms. The summed E-state index contributed by atoms with van der Waals surface area (Å²) in [6.45, 7) is 0.573. The van der Waals surface area contributed by atoms with Gasteiger partial charge in [-0.3, -0.25) is 0 Å². The van der Waals surface area contributed by atoms with Crippen LogP contribution in [-0.2, 0) is 4.74 Å². The largest absolute Gasteiger partial charge is 0.380 e. The molecule has 0 aromatic carbocycles. The lowest BCUT2D eigenvalue weighted by atomic mass is 9.93. The van der Waals surface area contributed by atoms with Gasteiger partial charge < -0.3 is 4.74 Å². The van der Waals surface area contributed by atoms with Gasteiger partial charge in [-0.25, -0.2) is 0 Å². The van der Waals surface area contributed by atoms with E-state index in [-0.39, 0.29) is 22.6 Å². The van der Waals surface area contributed by atoms with E-state index >= 15 is 0 Å². The van der Waals surface area contributed by atoms with Crippen molar-refractivity contribution >= 4 is 69.6 Å². The number of rotatable bonds is 4. The molecule has 0 saturated heterocycles. The van der Waals surface area contributed by atoms with Crippen LogP contribution in [-0.4, -0.2) is 27.3 Å². The first-order chi connectivity index (χ1) is 8.73. The van der Waals surface area contributed by atoms with E-state index in [1.165, 1.54) is 0 Å². The Labute approximate surface area is 141 Å². The average molecular weight is 384 g/mol. The number of nitriles is 1. The summed E-state index contributed by atoms with van der Waals surface area (Å²) >= 11 is 37.9. The summed E-state index contributed by atoms with van der Waals surface area (Å²) in [6.07, 6.45) is 0.665. The summed E-state index contributed by atoms with van der Waals surface area (Å²) in [7, 11) is 0. The first kappa shape index (κ1) is 16.3. The lowest BCUT2D eigenvalue weighted by Crippen LogP contribution is -2.45. The van der Waals surface area contributed by atoms with Crippen molar-refractivity contribution in [3.63, 3.8) is 0 Å². The van der Waals surface area contributed by atoms with Gasteiger partial charge >= 0.3 is 0 Å². The molecule has 0 aromatic heterocycles. The van der Waals surface area contributed by atoms with E-state index in [1.54, 1.807) is 0 Å². The molecule has 1 saturated carbocycles. The zero-order valence-corrected chi connectivity index (χ0v) is 14.1. The fourth-order valence-corrected chi connectivity index (χ4v) is 5.38. The molecule has 0 radical (unpaired) electrons. The number of fused-ring (bicyclic) bond motifs is 2. The number of alkyl halides is 4. The van der Waals surface area contributed by atoms with Gasteiger partial charge in [-0.1, -0.05) is 46.4 Å². The number of halogens is 6. The molecule has 106 valence electrons. The van der Waals surface area contributed by atoms with Crippen molar-refractivity contribution in [2.45, 2.75) is 26.9 Å². The van der Waals surface area contributed by atoms with Crippen LogP contribution in [0.5, 0.6) is 0 Å². The number of hydrogen-bond donors (Lipinski definition) is 0. The highest BCUT2D eigenvalue weighted by atomic mass is 35.5. The fraction of sp³-hybridized carbons (Fsp3) is 0.727. The van der Waals surface area contributed by atoms with Crippen LogP contribution in [0.4, 0.5) is 0 Å². The second-order valence-electron chi connectivity index (χ2n) is 4.60. The summed E-state index contributed by atoms with van der Waals surface area (Å²) in [5, 5.41) is 8.82. The minimum Gasteiger partial charge on any atom is -0.380 e. The van der Waals surface area contributed by atoms with Crippen LogP contribution in [0, 0.1) is 17.2 Å². The molecule has 2 bridgehead atoms. The Balaban J connectivity index is 2.22. The van der Waals surface area contributed by atoms with E-state index < -0.39 is 14.1 Å². The molecule has 0 aliphatic heterocycles. The highest BCUT2D eigenvalue weighted by Crippen LogP contribution is 2.74. The zero-order valence-electron chi connectivity index (χ0n) is 9.53. The molecule has 0 amide bonds. The summed E-state index contributed by atoms with van der Waals surface area (Å²) in [4.78, 5) is -2.46. The Morgan fingerprint density at radius 2 is 1.84 bits per heavy atom. The molecule has 8 heteroatoms. The predicted octanol–water partition coefficient (Wildman–Crippen LogP) is 4.77. The van der Waals surface area contributed by atoms with Crippen molar-refractivity contribution in [3.05, 3.63) is 10.1 Å². The molecule has 0 unspecified atom stereocenters. The van der Waals surface area contributed by atoms with Crippen molar-refractivity contribution in [1.29, 1.82) is 5.26 Å². The van der Waals surface area contributed by atoms with Gasteiger partial charge in [0.2, 0.25) is 0 Å². The van der Waals surface area contributed by atoms with Crippen LogP contribution >= 0.6 is 69.6 Å². The average Bonchev–Trinajstić information content (AvgIpc) is 2.57. The maximum Gasteiger partial charge on any atom is 0.166 e.